The molecule has 4 bridgehead atoms. The summed E-state index contributed by atoms with van der Waals surface area (Å²) < 4.78 is 4.84. The molecule has 2 aromatic heterocycles. The molecule has 0 fully saturated rings. The van der Waals surface area contributed by atoms with Crippen LogP contribution in [-0.2, 0) is 13.1 Å². The average Bonchev–Trinajstić information content (AvgIpc) is 2.84. The van der Waals surface area contributed by atoms with Crippen LogP contribution in [0.2, 0.25) is 0 Å². The van der Waals surface area contributed by atoms with Crippen molar-refractivity contribution in [2.24, 2.45) is 0 Å². The molecule has 0 saturated heterocycles. The molecule has 0 unspecified atom stereocenters. The summed E-state index contributed by atoms with van der Waals surface area (Å²) in [4.78, 5) is 0. The van der Waals surface area contributed by atoms with Crippen molar-refractivity contribution in [2.45, 2.75) is 51.6 Å². The van der Waals surface area contributed by atoms with Crippen molar-refractivity contribution in [3.05, 3.63) is 73.1 Å². The molecule has 0 spiro atoms. The predicted octanol–water partition coefficient (Wildman–Crippen LogP) is 5.45. The lowest BCUT2D eigenvalue weighted by molar-refractivity contribution is -0.675. The Morgan fingerprint density at radius 2 is 0.969 bits per heavy atom. The number of pyridine rings is 2. The largest absolute Gasteiger partial charge is 0.384 e. The summed E-state index contributed by atoms with van der Waals surface area (Å²) in [5.41, 5.74) is 5.16. The van der Waals surface area contributed by atoms with Crippen LogP contribution in [-0.4, -0.2) is 13.1 Å². The maximum absolute atomic E-state index is 3.69. The first kappa shape index (κ1) is 20.7. The SMILES string of the molecule is c1ccc2c(c1)c1cc[n+]2CCCCC[n+]2ccc(c3ccccc32)NCCCCCN1. The molecule has 32 heavy (non-hydrogen) atoms. The number of nitrogens with zero attached hydrogens (tertiary/aromatic N) is 2. The number of anilines is 2. The van der Waals surface area contributed by atoms with E-state index in [9.17, 15) is 0 Å². The van der Waals surface area contributed by atoms with E-state index >= 15 is 0 Å². The summed E-state index contributed by atoms with van der Waals surface area (Å²) >= 11 is 0. The highest BCUT2D eigenvalue weighted by Crippen LogP contribution is 2.22. The van der Waals surface area contributed by atoms with E-state index in [1.165, 1.54) is 71.7 Å². The lowest BCUT2D eigenvalue weighted by atomic mass is 10.1. The maximum Gasteiger partial charge on any atom is 0.214 e. The second-order valence-corrected chi connectivity index (χ2v) is 8.85. The molecule has 2 aromatic carbocycles. The van der Waals surface area contributed by atoms with E-state index in [4.69, 9.17) is 0 Å². The third kappa shape index (κ3) is 4.55. The monoisotopic (exact) mass is 426 g/mol. The number of rotatable bonds is 0. The first-order valence-corrected chi connectivity index (χ1v) is 12.2. The summed E-state index contributed by atoms with van der Waals surface area (Å²) in [6, 6.07) is 22.1. The second kappa shape index (κ2) is 9.99. The van der Waals surface area contributed by atoms with Crippen molar-refractivity contribution in [1.82, 2.24) is 0 Å². The van der Waals surface area contributed by atoms with Crippen LogP contribution >= 0.6 is 0 Å². The summed E-state index contributed by atoms with van der Waals surface area (Å²) in [7, 11) is 0. The molecular weight excluding hydrogens is 392 g/mol. The zero-order valence-corrected chi connectivity index (χ0v) is 18.9. The molecule has 4 aromatic rings. The van der Waals surface area contributed by atoms with Crippen molar-refractivity contribution in [3.8, 4) is 0 Å². The van der Waals surface area contributed by atoms with Crippen LogP contribution in [0.5, 0.6) is 0 Å². The van der Waals surface area contributed by atoms with Gasteiger partial charge in [0.15, 0.2) is 12.4 Å². The van der Waals surface area contributed by atoms with Crippen LogP contribution < -0.4 is 19.8 Å². The zero-order valence-electron chi connectivity index (χ0n) is 18.9. The summed E-state index contributed by atoms with van der Waals surface area (Å²) in [6.45, 7) is 4.16. The van der Waals surface area contributed by atoms with Gasteiger partial charge in [0.05, 0.1) is 22.1 Å². The average molecular weight is 427 g/mol. The van der Waals surface area contributed by atoms with Crippen LogP contribution in [0.1, 0.15) is 38.5 Å². The van der Waals surface area contributed by atoms with Crippen molar-refractivity contribution < 1.29 is 9.13 Å². The third-order valence-corrected chi connectivity index (χ3v) is 6.63. The van der Waals surface area contributed by atoms with Gasteiger partial charge in [0, 0.05) is 50.2 Å². The van der Waals surface area contributed by atoms with Crippen molar-refractivity contribution in [3.63, 3.8) is 0 Å². The van der Waals surface area contributed by atoms with Crippen molar-refractivity contribution in [1.29, 1.82) is 0 Å². The predicted molar refractivity (Wildman–Crippen MR) is 133 cm³/mol. The van der Waals surface area contributed by atoms with E-state index in [-0.39, 0.29) is 0 Å². The van der Waals surface area contributed by atoms with Gasteiger partial charge in [-0.2, -0.15) is 9.13 Å². The molecule has 0 saturated carbocycles. The number of aryl methyl sites for hydroxylation is 2. The Morgan fingerprint density at radius 3 is 1.50 bits per heavy atom. The molecule has 0 radical (unpaired) electrons. The number of hydrogen-bond acceptors (Lipinski definition) is 2. The summed E-state index contributed by atoms with van der Waals surface area (Å²) in [6.07, 6.45) is 11.7. The van der Waals surface area contributed by atoms with E-state index in [0.717, 1.165) is 26.2 Å². The number of fused-ring (bicyclic) bond motifs is 12. The maximum atomic E-state index is 3.69. The van der Waals surface area contributed by atoms with E-state index < -0.39 is 0 Å². The van der Waals surface area contributed by atoms with Gasteiger partial charge < -0.3 is 10.6 Å². The fourth-order valence-electron chi connectivity index (χ4n) is 4.89. The van der Waals surface area contributed by atoms with Crippen molar-refractivity contribution in [2.75, 3.05) is 23.7 Å². The molecule has 0 aliphatic carbocycles. The Hall–Kier alpha value is -3.14. The molecule has 0 amide bonds. The first-order valence-electron chi connectivity index (χ1n) is 12.2. The number of aromatic nitrogens is 2. The summed E-state index contributed by atoms with van der Waals surface area (Å²) in [5, 5.41) is 10.0. The lowest BCUT2D eigenvalue weighted by Crippen LogP contribution is -2.35. The molecule has 6 rings (SSSR count). The number of para-hydroxylation sites is 2. The molecule has 4 nitrogen and oxygen atoms in total. The van der Waals surface area contributed by atoms with Gasteiger partial charge >= 0.3 is 0 Å². The highest BCUT2D eigenvalue weighted by Gasteiger charge is 2.14. The molecule has 2 aliphatic heterocycles. The summed E-state index contributed by atoms with van der Waals surface area (Å²) in [5.74, 6) is 0. The number of hydrogen-bond donors (Lipinski definition) is 2. The molecule has 2 aliphatic rings. The first-order chi connectivity index (χ1) is 15.9. The van der Waals surface area contributed by atoms with Crippen LogP contribution in [0, 0.1) is 0 Å². The second-order valence-electron chi connectivity index (χ2n) is 8.85. The van der Waals surface area contributed by atoms with Gasteiger partial charge in [-0.1, -0.05) is 24.3 Å². The van der Waals surface area contributed by atoms with Crippen LogP contribution in [0.4, 0.5) is 11.4 Å². The van der Waals surface area contributed by atoms with Crippen LogP contribution in [0.25, 0.3) is 21.8 Å². The molecule has 4 heteroatoms. The Morgan fingerprint density at radius 1 is 0.500 bits per heavy atom. The minimum atomic E-state index is 1.02. The van der Waals surface area contributed by atoms with Gasteiger partial charge in [-0.25, -0.2) is 0 Å². The van der Waals surface area contributed by atoms with E-state index in [0.29, 0.717) is 0 Å². The number of benzene rings is 2. The Kier molecular flexibility index (Phi) is 6.48. The molecular formula is C28H34N4+2. The van der Waals surface area contributed by atoms with Gasteiger partial charge in [-0.3, -0.25) is 0 Å². The molecule has 2 N–H and O–H groups in total. The Balaban J connectivity index is 1.38. The molecule has 164 valence electrons. The fourth-order valence-corrected chi connectivity index (χ4v) is 4.89. The number of nitrogens with one attached hydrogen (secondary N) is 2. The topological polar surface area (TPSA) is 31.8 Å². The Bertz CT molecular complexity index is 1110. The minimum absolute atomic E-state index is 1.02. The standard InChI is InChI=1S/C28H32N4/c1-7-17-29-25-15-21-31(27-13-5-3-11-23(25)27)19-9-2-10-20-32-22-16-26(30-18-8-1)24-12-4-6-14-28(24)32/h3-6,11-16,21-22H,1-2,7-10,17-20H2/p+2. The van der Waals surface area contributed by atoms with Crippen LogP contribution in [0.15, 0.2) is 73.1 Å². The van der Waals surface area contributed by atoms with E-state index in [2.05, 4.69) is 92.8 Å². The van der Waals surface area contributed by atoms with Gasteiger partial charge in [-0.05, 0) is 37.8 Å². The van der Waals surface area contributed by atoms with Crippen LogP contribution in [0.3, 0.4) is 0 Å². The lowest BCUT2D eigenvalue weighted by Gasteiger charge is -2.12. The van der Waals surface area contributed by atoms with Gasteiger partial charge in [0.2, 0.25) is 11.0 Å². The van der Waals surface area contributed by atoms with Gasteiger partial charge in [-0.15, -0.1) is 0 Å². The quantitative estimate of drug-likeness (QED) is 0.367. The molecule has 4 heterocycles. The van der Waals surface area contributed by atoms with E-state index in [1.54, 1.807) is 0 Å². The highest BCUT2D eigenvalue weighted by atomic mass is 15.0. The van der Waals surface area contributed by atoms with Gasteiger partial charge in [0.25, 0.3) is 0 Å². The normalized spacial score (nSPS) is 16.0. The Labute approximate surface area is 190 Å². The molecule has 0 atom stereocenters. The van der Waals surface area contributed by atoms with Gasteiger partial charge in [0.1, 0.15) is 13.1 Å². The minimum Gasteiger partial charge on any atom is -0.384 e. The zero-order chi connectivity index (χ0) is 21.6. The van der Waals surface area contributed by atoms with Crippen molar-refractivity contribution >= 4 is 33.2 Å². The third-order valence-electron chi connectivity index (χ3n) is 6.63. The highest BCUT2D eigenvalue weighted by molar-refractivity contribution is 5.89. The smallest absolute Gasteiger partial charge is 0.214 e. The van der Waals surface area contributed by atoms with E-state index in [1.807, 2.05) is 0 Å². The fraction of sp³-hybridized carbons (Fsp3) is 0.357.